The van der Waals surface area contributed by atoms with Crippen molar-refractivity contribution >= 4 is 11.6 Å². The van der Waals surface area contributed by atoms with Gasteiger partial charge in [0.1, 0.15) is 0 Å². The van der Waals surface area contributed by atoms with Gasteiger partial charge < -0.3 is 15.2 Å². The molecule has 130 valence electrons. The Morgan fingerprint density at radius 1 is 1.04 bits per heavy atom. The molecule has 2 N–H and O–H groups in total. The van der Waals surface area contributed by atoms with E-state index in [0.717, 1.165) is 5.56 Å². The van der Waals surface area contributed by atoms with Gasteiger partial charge in [0.25, 0.3) is 5.79 Å². The number of hydrogen-bond donors (Lipinski definition) is 2. The molecular formula is C21H17NO4. The third kappa shape index (κ3) is 2.67. The Morgan fingerprint density at radius 2 is 1.69 bits per heavy atom. The molecule has 1 heterocycles. The minimum atomic E-state index is -2.15. The molecule has 26 heavy (non-hydrogen) atoms. The van der Waals surface area contributed by atoms with Crippen LogP contribution in [0.4, 0.5) is 0 Å². The summed E-state index contributed by atoms with van der Waals surface area (Å²) in [7, 11) is 0. The van der Waals surface area contributed by atoms with Gasteiger partial charge >= 0.3 is 0 Å². The summed E-state index contributed by atoms with van der Waals surface area (Å²) in [5.74, 6) is -3.04. The Labute approximate surface area is 150 Å². The minimum absolute atomic E-state index is 0.0963. The number of ether oxygens (including phenoxy) is 1. The minimum Gasteiger partial charge on any atom is -0.374 e. The van der Waals surface area contributed by atoms with Crippen LogP contribution in [-0.2, 0) is 9.53 Å². The molecule has 1 fully saturated rings. The van der Waals surface area contributed by atoms with E-state index in [1.54, 1.807) is 24.3 Å². The molecule has 1 aliphatic heterocycles. The second-order valence-electron chi connectivity index (χ2n) is 6.24. The summed E-state index contributed by atoms with van der Waals surface area (Å²) in [4.78, 5) is 25.2. The Bertz CT molecular complexity index is 918. The number of carbonyl (C=O) groups is 2. The first-order chi connectivity index (χ1) is 12.6. The normalized spacial score (nSPS) is 24.8. The van der Waals surface area contributed by atoms with Crippen molar-refractivity contribution in [2.24, 2.45) is 0 Å². The van der Waals surface area contributed by atoms with Gasteiger partial charge in [-0.05, 0) is 17.7 Å². The van der Waals surface area contributed by atoms with Crippen LogP contribution in [0, 0.1) is 0 Å². The van der Waals surface area contributed by atoms with E-state index >= 15 is 0 Å². The Hall–Kier alpha value is -3.02. The molecule has 2 aliphatic rings. The molecule has 4 rings (SSSR count). The molecule has 1 saturated heterocycles. The first-order valence-electron chi connectivity index (χ1n) is 8.34. The van der Waals surface area contributed by atoms with Gasteiger partial charge in [-0.25, -0.2) is 0 Å². The number of nitrogens with one attached hydrogen (secondary N) is 1. The predicted octanol–water partition coefficient (Wildman–Crippen LogP) is 2.31. The Kier molecular flexibility index (Phi) is 4.03. The van der Waals surface area contributed by atoms with Crippen LogP contribution in [0.15, 0.2) is 84.1 Å². The fourth-order valence-electron chi connectivity index (χ4n) is 3.20. The van der Waals surface area contributed by atoms with Crippen molar-refractivity contribution in [3.63, 3.8) is 0 Å². The summed E-state index contributed by atoms with van der Waals surface area (Å²) in [6.07, 6.45) is 2.62. The number of benzene rings is 2. The maximum atomic E-state index is 12.9. The SMILES string of the molecule is O=C(C1=C2NC(c3ccccc3)COC2(O)C(=O)C=C1)c1ccccc1. The monoisotopic (exact) mass is 347 g/mol. The van der Waals surface area contributed by atoms with Gasteiger partial charge in [0.05, 0.1) is 18.3 Å². The van der Waals surface area contributed by atoms with Crippen LogP contribution in [0.25, 0.3) is 0 Å². The van der Waals surface area contributed by atoms with Crippen LogP contribution in [0.2, 0.25) is 0 Å². The molecule has 0 radical (unpaired) electrons. The van der Waals surface area contributed by atoms with Gasteiger partial charge in [-0.1, -0.05) is 60.7 Å². The summed E-state index contributed by atoms with van der Waals surface area (Å²) in [5, 5.41) is 13.9. The van der Waals surface area contributed by atoms with E-state index in [1.165, 1.54) is 12.2 Å². The Morgan fingerprint density at radius 3 is 2.38 bits per heavy atom. The number of allylic oxidation sites excluding steroid dienone is 2. The number of Topliss-reactive ketones (excluding diaryl/α,β-unsaturated/α-hetero) is 1. The van der Waals surface area contributed by atoms with Gasteiger partial charge in [-0.3, -0.25) is 9.59 Å². The van der Waals surface area contributed by atoms with Crippen molar-refractivity contribution in [3.8, 4) is 0 Å². The van der Waals surface area contributed by atoms with E-state index in [-0.39, 0.29) is 29.7 Å². The number of ketones is 2. The van der Waals surface area contributed by atoms with E-state index in [1.807, 2.05) is 36.4 Å². The molecule has 2 unspecified atom stereocenters. The number of fused-ring (bicyclic) bond motifs is 1. The fourth-order valence-corrected chi connectivity index (χ4v) is 3.20. The molecule has 0 spiro atoms. The number of morpholine rings is 1. The largest absolute Gasteiger partial charge is 0.374 e. The molecule has 5 heteroatoms. The Balaban J connectivity index is 1.77. The topological polar surface area (TPSA) is 75.6 Å². The van der Waals surface area contributed by atoms with Crippen LogP contribution in [-0.4, -0.2) is 29.1 Å². The lowest BCUT2D eigenvalue weighted by molar-refractivity contribution is -0.199. The molecule has 0 aromatic heterocycles. The lowest BCUT2D eigenvalue weighted by atomic mass is 9.89. The van der Waals surface area contributed by atoms with Crippen LogP contribution in [0.1, 0.15) is 22.0 Å². The third-order valence-electron chi connectivity index (χ3n) is 4.60. The summed E-state index contributed by atoms with van der Waals surface area (Å²) in [6, 6.07) is 18.0. The smallest absolute Gasteiger partial charge is 0.273 e. The van der Waals surface area contributed by atoms with Crippen molar-refractivity contribution in [1.82, 2.24) is 5.32 Å². The molecule has 2 aromatic carbocycles. The maximum absolute atomic E-state index is 12.9. The molecule has 2 atom stereocenters. The zero-order chi connectivity index (χ0) is 18.1. The number of hydrogen-bond acceptors (Lipinski definition) is 5. The lowest BCUT2D eigenvalue weighted by Gasteiger charge is -2.40. The van der Waals surface area contributed by atoms with Gasteiger partial charge in [0, 0.05) is 11.1 Å². The molecule has 0 bridgehead atoms. The summed E-state index contributed by atoms with van der Waals surface area (Å²) >= 11 is 0. The second kappa shape index (κ2) is 6.37. The van der Waals surface area contributed by atoms with Crippen molar-refractivity contribution in [1.29, 1.82) is 0 Å². The molecule has 2 aromatic rings. The summed E-state index contributed by atoms with van der Waals surface area (Å²) in [6.45, 7) is 0.108. The van der Waals surface area contributed by atoms with Crippen LogP contribution in [0.5, 0.6) is 0 Å². The summed E-state index contributed by atoms with van der Waals surface area (Å²) in [5.41, 5.74) is 1.73. The quantitative estimate of drug-likeness (QED) is 0.834. The van der Waals surface area contributed by atoms with E-state index < -0.39 is 11.6 Å². The molecule has 0 saturated carbocycles. The fraction of sp³-hybridized carbons (Fsp3) is 0.143. The van der Waals surface area contributed by atoms with Crippen LogP contribution in [0.3, 0.4) is 0 Å². The van der Waals surface area contributed by atoms with Crippen LogP contribution < -0.4 is 5.32 Å². The second-order valence-corrected chi connectivity index (χ2v) is 6.24. The highest BCUT2D eigenvalue weighted by atomic mass is 16.6. The number of carbonyl (C=O) groups excluding carboxylic acids is 2. The van der Waals surface area contributed by atoms with Gasteiger partial charge in [0.2, 0.25) is 5.78 Å². The molecular weight excluding hydrogens is 330 g/mol. The lowest BCUT2D eigenvalue weighted by Crippen LogP contribution is -2.55. The molecule has 1 aliphatic carbocycles. The number of rotatable bonds is 3. The van der Waals surface area contributed by atoms with Crippen molar-refractivity contribution < 1.29 is 19.4 Å². The first-order valence-corrected chi connectivity index (χ1v) is 8.34. The average molecular weight is 347 g/mol. The van der Waals surface area contributed by atoms with Crippen molar-refractivity contribution in [2.75, 3.05) is 6.61 Å². The zero-order valence-electron chi connectivity index (χ0n) is 13.9. The maximum Gasteiger partial charge on any atom is 0.273 e. The first kappa shape index (κ1) is 16.4. The standard InChI is InChI=1S/C21H17NO4/c23-18-12-11-16(19(24)15-9-5-2-6-10-15)20-21(18,25)26-13-17(22-20)14-7-3-1-4-8-14/h1-12,17,22,25H,13H2. The number of aliphatic hydroxyl groups is 1. The average Bonchev–Trinajstić information content (AvgIpc) is 2.69. The van der Waals surface area contributed by atoms with E-state index in [4.69, 9.17) is 4.74 Å². The highest BCUT2D eigenvalue weighted by Gasteiger charge is 2.48. The van der Waals surface area contributed by atoms with E-state index in [0.29, 0.717) is 5.56 Å². The molecule has 5 nitrogen and oxygen atoms in total. The highest BCUT2D eigenvalue weighted by molar-refractivity contribution is 6.14. The van der Waals surface area contributed by atoms with E-state index in [2.05, 4.69) is 5.32 Å². The highest BCUT2D eigenvalue weighted by Crippen LogP contribution is 2.35. The van der Waals surface area contributed by atoms with E-state index in [9.17, 15) is 14.7 Å². The molecule has 0 amide bonds. The summed E-state index contributed by atoms with van der Waals surface area (Å²) < 4.78 is 5.55. The van der Waals surface area contributed by atoms with Crippen molar-refractivity contribution in [3.05, 3.63) is 95.2 Å². The third-order valence-corrected chi connectivity index (χ3v) is 4.60. The van der Waals surface area contributed by atoms with Gasteiger partial charge in [0.15, 0.2) is 5.78 Å². The zero-order valence-corrected chi connectivity index (χ0v) is 13.9. The van der Waals surface area contributed by atoms with Gasteiger partial charge in [-0.2, -0.15) is 0 Å². The van der Waals surface area contributed by atoms with Crippen LogP contribution >= 0.6 is 0 Å². The predicted molar refractivity (Wildman–Crippen MR) is 95.2 cm³/mol. The van der Waals surface area contributed by atoms with Crippen molar-refractivity contribution in [2.45, 2.75) is 11.8 Å². The van der Waals surface area contributed by atoms with Gasteiger partial charge in [-0.15, -0.1) is 0 Å².